The van der Waals surface area contributed by atoms with E-state index in [1.807, 2.05) is 13.8 Å². The van der Waals surface area contributed by atoms with Crippen molar-refractivity contribution in [3.63, 3.8) is 0 Å². The summed E-state index contributed by atoms with van der Waals surface area (Å²) >= 11 is 0. The average molecular weight is 241 g/mol. The molecular formula is C9H11FNY-. The molecule has 0 spiro atoms. The number of allylic oxidation sites excluding steroid dienone is 3. The van der Waals surface area contributed by atoms with Gasteiger partial charge in [0.15, 0.2) is 0 Å². The number of likely N-dealkylation sites (N-methyl/N-ethyl adjacent to an activating group) is 1. The van der Waals surface area contributed by atoms with Gasteiger partial charge >= 0.3 is 0 Å². The molecule has 1 nitrogen and oxygen atoms in total. The first-order valence-corrected chi connectivity index (χ1v) is 3.59. The van der Waals surface area contributed by atoms with Crippen molar-refractivity contribution in [1.82, 2.24) is 4.90 Å². The molecule has 0 saturated heterocycles. The molecule has 1 heterocycles. The minimum absolute atomic E-state index is 0. The summed E-state index contributed by atoms with van der Waals surface area (Å²) in [6, 6.07) is 0. The fraction of sp³-hybridized carbons (Fsp3) is 0.333. The van der Waals surface area contributed by atoms with Gasteiger partial charge in [0.1, 0.15) is 0 Å². The van der Waals surface area contributed by atoms with Crippen LogP contribution in [-0.4, -0.2) is 11.4 Å². The molecule has 63 valence electrons. The van der Waals surface area contributed by atoms with Crippen molar-refractivity contribution in [1.29, 1.82) is 0 Å². The molecule has 0 amide bonds. The third-order valence-corrected chi connectivity index (χ3v) is 1.57. The molecule has 0 bridgehead atoms. The Morgan fingerprint density at radius 2 is 2.25 bits per heavy atom. The van der Waals surface area contributed by atoms with Crippen molar-refractivity contribution in [3.05, 3.63) is 36.0 Å². The van der Waals surface area contributed by atoms with E-state index in [1.165, 1.54) is 6.08 Å². The van der Waals surface area contributed by atoms with Gasteiger partial charge < -0.3 is 4.90 Å². The van der Waals surface area contributed by atoms with Crippen LogP contribution in [0.15, 0.2) is 29.8 Å². The number of hydrogen-bond acceptors (Lipinski definition) is 1. The molecule has 0 aliphatic carbocycles. The Hall–Kier alpha value is 0.0539. The third kappa shape index (κ3) is 2.53. The van der Waals surface area contributed by atoms with Gasteiger partial charge in [0, 0.05) is 38.5 Å². The molecule has 0 saturated carbocycles. The van der Waals surface area contributed by atoms with Gasteiger partial charge in [0.2, 0.25) is 0 Å². The minimum Gasteiger partial charge on any atom is -0.454 e. The van der Waals surface area contributed by atoms with Gasteiger partial charge in [-0.15, -0.1) is 18.2 Å². The van der Waals surface area contributed by atoms with Gasteiger partial charge in [-0.3, -0.25) is 0 Å². The molecule has 0 unspecified atom stereocenters. The Morgan fingerprint density at radius 3 is 2.75 bits per heavy atom. The Kier molecular flexibility index (Phi) is 4.95. The Morgan fingerprint density at radius 1 is 1.67 bits per heavy atom. The normalized spacial score (nSPS) is 16.6. The quantitative estimate of drug-likeness (QED) is 0.637. The maximum absolute atomic E-state index is 12.9. The Labute approximate surface area is 97.9 Å². The SMILES string of the molecule is C=C1C(F)=CC(C)=[C-]N1CC.[Y]. The van der Waals surface area contributed by atoms with Crippen LogP contribution in [0.25, 0.3) is 0 Å². The van der Waals surface area contributed by atoms with Gasteiger partial charge in [-0.05, 0) is 19.2 Å². The molecule has 0 fully saturated rings. The van der Waals surface area contributed by atoms with Gasteiger partial charge in [0.25, 0.3) is 0 Å². The number of halogens is 1. The van der Waals surface area contributed by atoms with E-state index >= 15 is 0 Å². The van der Waals surface area contributed by atoms with Crippen molar-refractivity contribution in [2.24, 2.45) is 0 Å². The van der Waals surface area contributed by atoms with E-state index in [9.17, 15) is 4.39 Å². The summed E-state index contributed by atoms with van der Waals surface area (Å²) in [5.74, 6) is -0.261. The summed E-state index contributed by atoms with van der Waals surface area (Å²) in [5, 5.41) is 0. The van der Waals surface area contributed by atoms with Gasteiger partial charge in [-0.25, -0.2) is 4.39 Å². The summed E-state index contributed by atoms with van der Waals surface area (Å²) in [7, 11) is 0. The molecular weight excluding hydrogens is 230 g/mol. The first kappa shape index (κ1) is 12.1. The maximum Gasteiger partial charge on any atom is 0.0377 e. The summed E-state index contributed by atoms with van der Waals surface area (Å²) in [4.78, 5) is 1.67. The predicted molar refractivity (Wildman–Crippen MR) is 43.1 cm³/mol. The van der Waals surface area contributed by atoms with Crippen LogP contribution >= 0.6 is 0 Å². The number of hydrogen-bond donors (Lipinski definition) is 0. The van der Waals surface area contributed by atoms with E-state index in [4.69, 9.17) is 0 Å². The molecule has 0 N–H and O–H groups in total. The zero-order valence-electron chi connectivity index (χ0n) is 7.39. The molecule has 12 heavy (non-hydrogen) atoms. The molecule has 1 rings (SSSR count). The molecule has 0 atom stereocenters. The second kappa shape index (κ2) is 4.93. The van der Waals surface area contributed by atoms with Crippen LogP contribution in [-0.2, 0) is 32.7 Å². The van der Waals surface area contributed by atoms with Crippen molar-refractivity contribution in [3.8, 4) is 0 Å². The van der Waals surface area contributed by atoms with E-state index in [1.54, 1.807) is 4.90 Å². The molecule has 3 heteroatoms. The first-order valence-electron chi connectivity index (χ1n) is 3.59. The van der Waals surface area contributed by atoms with Gasteiger partial charge in [0.05, 0.1) is 0 Å². The summed E-state index contributed by atoms with van der Waals surface area (Å²) in [5.41, 5.74) is 1.20. The standard InChI is InChI=1S/C9H11FN.Y/c1-4-11-6-7(2)5-9(10)8(11)3;/h5H,3-4H2,1-2H3;/q-1;. The molecule has 1 aliphatic rings. The van der Waals surface area contributed by atoms with Crippen LogP contribution in [0.4, 0.5) is 4.39 Å². The molecule has 0 aromatic carbocycles. The Balaban J connectivity index is 0.00000121. The van der Waals surface area contributed by atoms with Gasteiger partial charge in [-0.2, -0.15) is 0 Å². The van der Waals surface area contributed by atoms with Crippen LogP contribution in [0.5, 0.6) is 0 Å². The smallest absolute Gasteiger partial charge is 0.0377 e. The second-order valence-electron chi connectivity index (χ2n) is 2.48. The van der Waals surface area contributed by atoms with Crippen LogP contribution in [0.1, 0.15) is 13.8 Å². The third-order valence-electron chi connectivity index (χ3n) is 1.57. The summed E-state index contributed by atoms with van der Waals surface area (Å²) in [6.45, 7) is 8.04. The Bertz CT molecular complexity index is 243. The fourth-order valence-electron chi connectivity index (χ4n) is 0.985. The van der Waals surface area contributed by atoms with E-state index < -0.39 is 0 Å². The zero-order chi connectivity index (χ0) is 8.43. The molecule has 1 aliphatic heterocycles. The number of nitrogens with zero attached hydrogens (tertiary/aromatic N) is 1. The van der Waals surface area contributed by atoms with E-state index in [2.05, 4.69) is 12.8 Å². The van der Waals surface area contributed by atoms with Crippen LogP contribution in [0, 0.1) is 6.20 Å². The van der Waals surface area contributed by atoms with E-state index in [-0.39, 0.29) is 38.5 Å². The fourth-order valence-corrected chi connectivity index (χ4v) is 0.985. The van der Waals surface area contributed by atoms with E-state index in [0.29, 0.717) is 12.2 Å². The second-order valence-corrected chi connectivity index (χ2v) is 2.48. The van der Waals surface area contributed by atoms with Gasteiger partial charge in [-0.1, -0.05) is 13.1 Å². The zero-order valence-corrected chi connectivity index (χ0v) is 10.2. The van der Waals surface area contributed by atoms with Crippen LogP contribution in [0.2, 0.25) is 0 Å². The molecule has 0 aromatic rings. The average Bonchev–Trinajstić information content (AvgIpc) is 1.96. The van der Waals surface area contributed by atoms with Crippen molar-refractivity contribution >= 4 is 0 Å². The largest absolute Gasteiger partial charge is 0.454 e. The minimum atomic E-state index is -0.261. The van der Waals surface area contributed by atoms with Crippen molar-refractivity contribution in [2.75, 3.05) is 6.54 Å². The van der Waals surface area contributed by atoms with Crippen molar-refractivity contribution < 1.29 is 37.1 Å². The first-order chi connectivity index (χ1) is 5.15. The topological polar surface area (TPSA) is 3.24 Å². The number of rotatable bonds is 1. The van der Waals surface area contributed by atoms with Crippen LogP contribution in [0.3, 0.4) is 0 Å². The monoisotopic (exact) mass is 241 g/mol. The predicted octanol–water partition coefficient (Wildman–Crippen LogP) is 2.39. The van der Waals surface area contributed by atoms with Crippen LogP contribution < -0.4 is 0 Å². The summed E-state index contributed by atoms with van der Waals surface area (Å²) < 4.78 is 12.9. The van der Waals surface area contributed by atoms with Crippen molar-refractivity contribution in [2.45, 2.75) is 13.8 Å². The summed E-state index contributed by atoms with van der Waals surface area (Å²) in [6.07, 6.45) is 4.42. The maximum atomic E-state index is 12.9. The molecule has 0 aromatic heterocycles. The van der Waals surface area contributed by atoms with E-state index in [0.717, 1.165) is 5.57 Å². The molecule has 1 radical (unpaired) electrons.